The average Bonchev–Trinajstić information content (AvgIpc) is 3.62. The number of halogens is 2. The lowest BCUT2D eigenvalue weighted by molar-refractivity contribution is 0.0430. The molecule has 0 saturated heterocycles. The maximum Gasteiger partial charge on any atom is 0.298 e. The molecule has 4 nitrogen and oxygen atoms in total. The molecular weight excluding hydrogens is 538 g/mol. The van der Waals surface area contributed by atoms with Gasteiger partial charge in [-0.2, -0.15) is 8.78 Å². The van der Waals surface area contributed by atoms with Crippen molar-refractivity contribution in [3.8, 4) is 5.82 Å². The highest BCUT2D eigenvalue weighted by Gasteiger charge is 2.36. The van der Waals surface area contributed by atoms with Crippen molar-refractivity contribution in [2.75, 3.05) is 16.5 Å². The van der Waals surface area contributed by atoms with Crippen LogP contribution in [0, 0.1) is 0 Å². The van der Waals surface area contributed by atoms with Crippen molar-refractivity contribution in [3.63, 3.8) is 0 Å². The third-order valence-electron chi connectivity index (χ3n) is 8.25. The van der Waals surface area contributed by atoms with E-state index in [1.165, 1.54) is 6.07 Å². The van der Waals surface area contributed by atoms with Gasteiger partial charge in [0.1, 0.15) is 12.5 Å². The van der Waals surface area contributed by atoms with Gasteiger partial charge in [0.15, 0.2) is 0 Å². The number of benzene rings is 5. The van der Waals surface area contributed by atoms with Crippen LogP contribution >= 0.6 is 0 Å². The van der Waals surface area contributed by atoms with E-state index < -0.39 is 5.92 Å². The van der Waals surface area contributed by atoms with Gasteiger partial charge in [-0.3, -0.25) is 4.57 Å². The second-order valence-corrected chi connectivity index (χ2v) is 10.7. The molecule has 0 bridgehead atoms. The Labute approximate surface area is 247 Å². The van der Waals surface area contributed by atoms with Crippen LogP contribution in [0.15, 0.2) is 146 Å². The van der Waals surface area contributed by atoms with E-state index in [0.717, 1.165) is 33.4 Å². The van der Waals surface area contributed by atoms with E-state index in [1.54, 1.807) is 36.5 Å². The third kappa shape index (κ3) is 4.06. The average molecular weight is 565 g/mol. The Morgan fingerprint density at radius 1 is 0.535 bits per heavy atom. The molecule has 0 saturated carbocycles. The van der Waals surface area contributed by atoms with Gasteiger partial charge in [-0.15, -0.1) is 0 Å². The van der Waals surface area contributed by atoms with Gasteiger partial charge < -0.3 is 9.80 Å². The minimum absolute atomic E-state index is 0.0551. The van der Waals surface area contributed by atoms with Gasteiger partial charge in [0.25, 0.3) is 5.92 Å². The first-order chi connectivity index (χ1) is 21.1. The fourth-order valence-corrected chi connectivity index (χ4v) is 6.20. The Bertz CT molecular complexity index is 2100. The number of alkyl halides is 2. The van der Waals surface area contributed by atoms with Gasteiger partial charge in [0, 0.05) is 39.5 Å². The summed E-state index contributed by atoms with van der Waals surface area (Å²) in [4.78, 5) is 8.83. The Morgan fingerprint density at radius 3 is 1.98 bits per heavy atom. The highest BCUT2D eigenvalue weighted by atomic mass is 19.3. The van der Waals surface area contributed by atoms with Crippen LogP contribution in [0.1, 0.15) is 11.1 Å². The highest BCUT2D eigenvalue weighted by molar-refractivity contribution is 6.09. The van der Waals surface area contributed by atoms with E-state index in [1.807, 2.05) is 89.5 Å². The SMILES string of the molecule is FC(F)(c1cccc(N2CN(c3ccccc3)c3ccccc32)c1)c1ccc2c3ccccc3n(-c3ccccn3)c2c1. The van der Waals surface area contributed by atoms with Crippen molar-refractivity contribution < 1.29 is 8.78 Å². The van der Waals surface area contributed by atoms with Crippen LogP contribution in [0.5, 0.6) is 0 Å². The predicted octanol–water partition coefficient (Wildman–Crippen LogP) is 9.57. The van der Waals surface area contributed by atoms with Crippen molar-refractivity contribution in [3.05, 3.63) is 157 Å². The van der Waals surface area contributed by atoms with Crippen LogP contribution in [0.4, 0.5) is 31.5 Å². The molecule has 8 rings (SSSR count). The number of pyridine rings is 1. The van der Waals surface area contributed by atoms with Crippen LogP contribution in [-0.2, 0) is 5.92 Å². The molecule has 0 amide bonds. The summed E-state index contributed by atoms with van der Waals surface area (Å²) in [6, 6.07) is 43.5. The molecule has 208 valence electrons. The van der Waals surface area contributed by atoms with E-state index in [4.69, 9.17) is 0 Å². The fourth-order valence-electron chi connectivity index (χ4n) is 6.20. The molecule has 0 radical (unpaired) electrons. The summed E-state index contributed by atoms with van der Waals surface area (Å²) in [5, 5.41) is 1.90. The first-order valence-electron chi connectivity index (χ1n) is 14.2. The lowest BCUT2D eigenvalue weighted by Gasteiger charge is -2.24. The summed E-state index contributed by atoms with van der Waals surface area (Å²) in [6.45, 7) is 0.522. The largest absolute Gasteiger partial charge is 0.321 e. The topological polar surface area (TPSA) is 24.3 Å². The number of fused-ring (bicyclic) bond motifs is 4. The number of hydrogen-bond donors (Lipinski definition) is 0. The zero-order valence-corrected chi connectivity index (χ0v) is 23.1. The summed E-state index contributed by atoms with van der Waals surface area (Å²) < 4.78 is 34.9. The monoisotopic (exact) mass is 564 g/mol. The quantitative estimate of drug-likeness (QED) is 0.208. The van der Waals surface area contributed by atoms with Crippen LogP contribution in [0.25, 0.3) is 27.6 Å². The van der Waals surface area contributed by atoms with Gasteiger partial charge >= 0.3 is 0 Å². The number of rotatable bonds is 5. The summed E-state index contributed by atoms with van der Waals surface area (Å²) in [6.07, 6.45) is 1.72. The lowest BCUT2D eigenvalue weighted by atomic mass is 9.98. The minimum atomic E-state index is -3.23. The maximum atomic E-state index is 16.5. The minimum Gasteiger partial charge on any atom is -0.321 e. The van der Waals surface area contributed by atoms with Gasteiger partial charge in [-0.05, 0) is 60.7 Å². The fraction of sp³-hybridized carbons (Fsp3) is 0.0541. The molecule has 1 aliphatic heterocycles. The highest BCUT2D eigenvalue weighted by Crippen LogP contribution is 2.46. The van der Waals surface area contributed by atoms with Gasteiger partial charge in [0.05, 0.1) is 22.4 Å². The molecule has 2 aromatic heterocycles. The molecular formula is C37H26F2N4. The van der Waals surface area contributed by atoms with E-state index in [9.17, 15) is 0 Å². The zero-order valence-electron chi connectivity index (χ0n) is 23.1. The van der Waals surface area contributed by atoms with Gasteiger partial charge in [-0.1, -0.05) is 78.9 Å². The van der Waals surface area contributed by atoms with Crippen LogP contribution in [0.2, 0.25) is 0 Å². The van der Waals surface area contributed by atoms with Crippen molar-refractivity contribution >= 4 is 44.6 Å². The Hall–Kier alpha value is -5.49. The molecule has 3 heterocycles. The third-order valence-corrected chi connectivity index (χ3v) is 8.25. The summed E-state index contributed by atoms with van der Waals surface area (Å²) >= 11 is 0. The van der Waals surface area contributed by atoms with E-state index in [-0.39, 0.29) is 11.1 Å². The first kappa shape index (κ1) is 25.2. The number of anilines is 4. The van der Waals surface area contributed by atoms with Crippen molar-refractivity contribution in [1.29, 1.82) is 0 Å². The molecule has 0 atom stereocenters. The van der Waals surface area contributed by atoms with Gasteiger partial charge in [-0.25, -0.2) is 4.98 Å². The number of para-hydroxylation sites is 4. The first-order valence-corrected chi connectivity index (χ1v) is 14.2. The van der Waals surface area contributed by atoms with Crippen molar-refractivity contribution in [2.24, 2.45) is 0 Å². The smallest absolute Gasteiger partial charge is 0.298 e. The lowest BCUT2D eigenvalue weighted by Crippen LogP contribution is -2.24. The van der Waals surface area contributed by atoms with Gasteiger partial charge in [0.2, 0.25) is 0 Å². The Kier molecular flexibility index (Phi) is 5.76. The maximum absolute atomic E-state index is 16.5. The summed E-state index contributed by atoms with van der Waals surface area (Å²) in [7, 11) is 0. The molecule has 1 aliphatic rings. The molecule has 43 heavy (non-hydrogen) atoms. The second kappa shape index (κ2) is 9.81. The zero-order chi connectivity index (χ0) is 29.0. The molecule has 5 aromatic carbocycles. The number of nitrogens with zero attached hydrogens (tertiary/aromatic N) is 4. The summed E-state index contributed by atoms with van der Waals surface area (Å²) in [5.74, 6) is -2.54. The molecule has 0 fully saturated rings. The Balaban J connectivity index is 1.22. The van der Waals surface area contributed by atoms with Crippen molar-refractivity contribution in [2.45, 2.75) is 5.92 Å². The molecule has 7 aromatic rings. The standard InChI is InChI=1S/C37H26F2N4/c38-37(39,27-20-21-31-30-15-4-5-16-32(30)43(35(31)24-27)36-19-8-9-22-40-36)26-11-10-14-29(23-26)42-25-41(28-12-2-1-3-13-28)33-17-6-7-18-34(33)42/h1-24H,25H2. The van der Waals surface area contributed by atoms with E-state index in [2.05, 4.69) is 33.0 Å². The van der Waals surface area contributed by atoms with Crippen LogP contribution < -0.4 is 9.80 Å². The van der Waals surface area contributed by atoms with Crippen molar-refractivity contribution in [1.82, 2.24) is 9.55 Å². The second-order valence-electron chi connectivity index (χ2n) is 10.7. The molecule has 0 N–H and O–H groups in total. The molecule has 0 spiro atoms. The van der Waals surface area contributed by atoms with E-state index in [0.29, 0.717) is 23.7 Å². The number of aromatic nitrogens is 2. The molecule has 0 unspecified atom stereocenters. The number of hydrogen-bond acceptors (Lipinski definition) is 3. The predicted molar refractivity (Wildman–Crippen MR) is 170 cm³/mol. The van der Waals surface area contributed by atoms with Crippen LogP contribution in [0.3, 0.4) is 0 Å². The summed E-state index contributed by atoms with van der Waals surface area (Å²) in [5.41, 5.74) is 5.29. The normalized spacial score (nSPS) is 13.2. The molecule has 0 aliphatic carbocycles. The van der Waals surface area contributed by atoms with E-state index >= 15 is 8.78 Å². The molecule has 6 heteroatoms. The van der Waals surface area contributed by atoms with Crippen LogP contribution in [-0.4, -0.2) is 16.2 Å². The Morgan fingerprint density at radius 2 is 1.19 bits per heavy atom.